The van der Waals surface area contributed by atoms with Crippen molar-refractivity contribution in [2.45, 2.75) is 39.0 Å². The van der Waals surface area contributed by atoms with Crippen LogP contribution in [0.5, 0.6) is 11.5 Å². The fourth-order valence-corrected chi connectivity index (χ4v) is 5.92. The zero-order valence-electron chi connectivity index (χ0n) is 25.0. The standard InChI is InChI=1S/C32H37ClF3N5O2.2ClH/c1-42-25-5-4-23(30(33)17-25)20-40-13-11-39(12-14-40)19-22-3-8-31-28(15-22)29(21-41(31)10-2-9-37)27-7-6-26(16-24(27)18-38)43-32(34,35)36;;/h3-8,15-17,21H,2,9-14,18-20,37-38H2,1H3;2*1H. The van der Waals surface area contributed by atoms with Gasteiger partial charge in [0.25, 0.3) is 0 Å². The van der Waals surface area contributed by atoms with Crippen molar-refractivity contribution < 1.29 is 22.6 Å². The van der Waals surface area contributed by atoms with Gasteiger partial charge in [-0.25, -0.2) is 0 Å². The Labute approximate surface area is 279 Å². The molecule has 1 saturated heterocycles. The first-order valence-corrected chi connectivity index (χ1v) is 14.7. The van der Waals surface area contributed by atoms with Crippen LogP contribution in [0.4, 0.5) is 13.2 Å². The molecule has 0 aliphatic carbocycles. The van der Waals surface area contributed by atoms with Crippen molar-refractivity contribution in [3.8, 4) is 22.6 Å². The number of hydrogen-bond donors (Lipinski definition) is 2. The van der Waals surface area contributed by atoms with Crippen molar-refractivity contribution in [2.75, 3.05) is 39.8 Å². The molecular formula is C32H39Cl3F3N5O2. The van der Waals surface area contributed by atoms with Gasteiger partial charge in [-0.1, -0.05) is 29.8 Å². The molecule has 1 fully saturated rings. The molecule has 3 aromatic carbocycles. The molecule has 13 heteroatoms. The van der Waals surface area contributed by atoms with Crippen LogP contribution < -0.4 is 20.9 Å². The van der Waals surface area contributed by atoms with Gasteiger partial charge >= 0.3 is 6.36 Å². The predicted octanol–water partition coefficient (Wildman–Crippen LogP) is 6.84. The summed E-state index contributed by atoms with van der Waals surface area (Å²) in [5.74, 6) is 0.470. The first kappa shape index (κ1) is 36.8. The number of fused-ring (bicyclic) bond motifs is 1. The molecule has 0 atom stereocenters. The van der Waals surface area contributed by atoms with Gasteiger partial charge in [0, 0.05) is 80.0 Å². The number of hydrogen-bond acceptors (Lipinski definition) is 6. The molecule has 1 aromatic heterocycles. The van der Waals surface area contributed by atoms with Gasteiger partial charge in [-0.15, -0.1) is 38.0 Å². The molecule has 0 unspecified atom stereocenters. The van der Waals surface area contributed by atoms with Gasteiger partial charge in [-0.2, -0.15) is 0 Å². The molecular weight excluding hydrogens is 650 g/mol. The first-order valence-electron chi connectivity index (χ1n) is 14.4. The Hall–Kier alpha value is -2.70. The smallest absolute Gasteiger partial charge is 0.497 e. The summed E-state index contributed by atoms with van der Waals surface area (Å²) in [5, 5.41) is 1.74. The molecule has 0 bridgehead atoms. The number of aryl methyl sites for hydroxylation is 1. The summed E-state index contributed by atoms with van der Waals surface area (Å²) in [5.41, 5.74) is 17.4. The summed E-state index contributed by atoms with van der Waals surface area (Å²) in [6.07, 6.45) is -1.92. The fraction of sp³-hybridized carbons (Fsp3) is 0.375. The van der Waals surface area contributed by atoms with Gasteiger partial charge in [0.1, 0.15) is 11.5 Å². The Bertz CT molecular complexity index is 1560. The Balaban J connectivity index is 0.00000276. The lowest BCUT2D eigenvalue weighted by Crippen LogP contribution is -2.45. The van der Waals surface area contributed by atoms with E-state index < -0.39 is 6.36 Å². The van der Waals surface area contributed by atoms with E-state index in [4.69, 9.17) is 27.8 Å². The van der Waals surface area contributed by atoms with Gasteiger partial charge in [-0.3, -0.25) is 9.80 Å². The number of nitrogens with two attached hydrogens (primary N) is 2. The lowest BCUT2D eigenvalue weighted by atomic mass is 9.98. The fourth-order valence-electron chi connectivity index (χ4n) is 5.69. The second-order valence-corrected chi connectivity index (χ2v) is 11.2. The van der Waals surface area contributed by atoms with E-state index in [1.165, 1.54) is 17.7 Å². The third kappa shape index (κ3) is 9.19. The van der Waals surface area contributed by atoms with Crippen LogP contribution in [-0.4, -0.2) is 60.6 Å². The number of methoxy groups -OCH3 is 1. The molecule has 7 nitrogen and oxygen atoms in total. The van der Waals surface area contributed by atoms with E-state index in [1.807, 2.05) is 24.4 Å². The van der Waals surface area contributed by atoms with Crippen LogP contribution >= 0.6 is 36.4 Å². The molecule has 4 aromatic rings. The average molecular weight is 689 g/mol. The maximum Gasteiger partial charge on any atom is 0.573 e. The molecule has 2 heterocycles. The van der Waals surface area contributed by atoms with Crippen LogP contribution in [0, 0.1) is 0 Å². The largest absolute Gasteiger partial charge is 0.573 e. The maximum absolute atomic E-state index is 12.8. The Morgan fingerprint density at radius 2 is 1.51 bits per heavy atom. The molecule has 5 rings (SSSR count). The highest BCUT2D eigenvalue weighted by Crippen LogP contribution is 2.36. The molecule has 0 radical (unpaired) electrons. The van der Waals surface area contributed by atoms with Crippen molar-refractivity contribution >= 4 is 47.3 Å². The van der Waals surface area contributed by atoms with Crippen molar-refractivity contribution in [2.24, 2.45) is 11.5 Å². The lowest BCUT2D eigenvalue weighted by Gasteiger charge is -2.35. The second kappa shape index (κ2) is 16.2. The van der Waals surface area contributed by atoms with E-state index in [1.54, 1.807) is 13.2 Å². The van der Waals surface area contributed by atoms with E-state index in [-0.39, 0.29) is 37.1 Å². The third-order valence-corrected chi connectivity index (χ3v) is 8.25. The minimum atomic E-state index is -4.77. The monoisotopic (exact) mass is 687 g/mol. The number of nitrogens with zero attached hydrogens (tertiary/aromatic N) is 3. The molecule has 0 spiro atoms. The molecule has 45 heavy (non-hydrogen) atoms. The number of halogens is 6. The van der Waals surface area contributed by atoms with Gasteiger partial charge in [0.2, 0.25) is 0 Å². The summed E-state index contributed by atoms with van der Waals surface area (Å²) in [7, 11) is 1.63. The molecule has 1 aliphatic heterocycles. The van der Waals surface area contributed by atoms with E-state index in [9.17, 15) is 13.2 Å². The van der Waals surface area contributed by atoms with Crippen molar-refractivity contribution in [3.05, 3.63) is 82.5 Å². The van der Waals surface area contributed by atoms with Crippen molar-refractivity contribution in [1.29, 1.82) is 0 Å². The van der Waals surface area contributed by atoms with Crippen LogP contribution in [0.3, 0.4) is 0 Å². The van der Waals surface area contributed by atoms with Gasteiger partial charge in [0.15, 0.2) is 0 Å². The normalized spacial score (nSPS) is 14.2. The van der Waals surface area contributed by atoms with Crippen LogP contribution in [0.1, 0.15) is 23.1 Å². The average Bonchev–Trinajstić information content (AvgIpc) is 3.34. The van der Waals surface area contributed by atoms with Crippen LogP contribution in [0.25, 0.3) is 22.0 Å². The highest BCUT2D eigenvalue weighted by atomic mass is 35.5. The Morgan fingerprint density at radius 1 is 0.822 bits per heavy atom. The number of benzene rings is 3. The molecule has 246 valence electrons. The van der Waals surface area contributed by atoms with E-state index >= 15 is 0 Å². The molecule has 4 N–H and O–H groups in total. The number of alkyl halides is 3. The highest BCUT2D eigenvalue weighted by Gasteiger charge is 2.31. The quantitative estimate of drug-likeness (QED) is 0.180. The number of aromatic nitrogens is 1. The maximum atomic E-state index is 12.8. The van der Waals surface area contributed by atoms with E-state index in [0.717, 1.165) is 85.6 Å². The van der Waals surface area contributed by atoms with Gasteiger partial charge < -0.3 is 25.5 Å². The summed E-state index contributed by atoms with van der Waals surface area (Å²) in [6, 6.07) is 16.6. The Morgan fingerprint density at radius 3 is 2.13 bits per heavy atom. The summed E-state index contributed by atoms with van der Waals surface area (Å²) in [6.45, 7) is 6.66. The molecule has 0 saturated carbocycles. The summed E-state index contributed by atoms with van der Waals surface area (Å²) in [4.78, 5) is 4.84. The Kier molecular flexibility index (Phi) is 13.3. The topological polar surface area (TPSA) is 81.9 Å². The molecule has 0 amide bonds. The van der Waals surface area contributed by atoms with Gasteiger partial charge in [0.05, 0.1) is 7.11 Å². The van der Waals surface area contributed by atoms with E-state index in [0.29, 0.717) is 17.1 Å². The van der Waals surface area contributed by atoms with Gasteiger partial charge in [-0.05, 0) is 71.6 Å². The summed E-state index contributed by atoms with van der Waals surface area (Å²) < 4.78 is 50.1. The van der Waals surface area contributed by atoms with Crippen LogP contribution in [-0.2, 0) is 26.2 Å². The highest BCUT2D eigenvalue weighted by molar-refractivity contribution is 6.31. The van der Waals surface area contributed by atoms with Crippen molar-refractivity contribution in [3.63, 3.8) is 0 Å². The van der Waals surface area contributed by atoms with Crippen LogP contribution in [0.2, 0.25) is 5.02 Å². The number of ether oxygens (including phenoxy) is 2. The first-order chi connectivity index (χ1) is 20.7. The molecule has 1 aliphatic rings. The third-order valence-electron chi connectivity index (χ3n) is 7.89. The minimum absolute atomic E-state index is 0. The number of piperazine rings is 1. The summed E-state index contributed by atoms with van der Waals surface area (Å²) >= 11 is 6.47. The van der Waals surface area contributed by atoms with E-state index in [2.05, 4.69) is 37.3 Å². The van der Waals surface area contributed by atoms with Crippen LogP contribution in [0.15, 0.2) is 60.8 Å². The zero-order chi connectivity index (χ0) is 30.6. The number of rotatable bonds is 11. The van der Waals surface area contributed by atoms with Crippen molar-refractivity contribution in [1.82, 2.24) is 14.4 Å². The minimum Gasteiger partial charge on any atom is -0.497 e. The SMILES string of the molecule is COc1ccc(CN2CCN(Cc3ccc4c(c3)c(-c3ccc(OC(F)(F)F)cc3CN)cn4CCCN)CC2)c(Cl)c1.Cl.Cl. The lowest BCUT2D eigenvalue weighted by molar-refractivity contribution is -0.274. The zero-order valence-corrected chi connectivity index (χ0v) is 27.4. The predicted molar refractivity (Wildman–Crippen MR) is 179 cm³/mol. The second-order valence-electron chi connectivity index (χ2n) is 10.8.